The second kappa shape index (κ2) is 8.19. The number of benzene rings is 3. The Labute approximate surface area is 186 Å². The average molecular weight is 422 g/mol. The number of rotatable bonds is 4. The van der Waals surface area contributed by atoms with Gasteiger partial charge >= 0.3 is 0 Å². The maximum atomic E-state index is 12.7. The van der Waals surface area contributed by atoms with Crippen LogP contribution in [-0.2, 0) is 11.2 Å². The fourth-order valence-electron chi connectivity index (χ4n) is 4.06. The number of ether oxygens (including phenoxy) is 2. The van der Waals surface area contributed by atoms with Gasteiger partial charge in [0.2, 0.25) is 5.91 Å². The van der Waals surface area contributed by atoms with Crippen LogP contribution < -0.4 is 14.8 Å². The summed E-state index contributed by atoms with van der Waals surface area (Å²) in [5.74, 6) is 1.52. The molecule has 0 fully saturated rings. The Morgan fingerprint density at radius 1 is 0.781 bits per heavy atom. The molecule has 1 aromatic heterocycles. The molecule has 0 saturated heterocycles. The van der Waals surface area contributed by atoms with Crippen LogP contribution in [0.2, 0.25) is 0 Å². The zero-order chi connectivity index (χ0) is 22.1. The molecule has 5 nitrogen and oxygen atoms in total. The molecule has 0 atom stereocenters. The number of methoxy groups -OCH3 is 2. The molecule has 1 aliphatic heterocycles. The first-order valence-electron chi connectivity index (χ1n) is 10.4. The molecule has 0 aliphatic carbocycles. The molecule has 158 valence electrons. The summed E-state index contributed by atoms with van der Waals surface area (Å²) >= 11 is 0. The SMILES string of the molecule is COc1ccc(-c2cc(-c3ccc(OC)cc3)c3c(n2)-c2ccccc2NC(=O)C3)cc1. The zero-order valence-corrected chi connectivity index (χ0v) is 17.9. The number of anilines is 1. The Morgan fingerprint density at radius 2 is 1.41 bits per heavy atom. The van der Waals surface area contributed by atoms with Gasteiger partial charge in [-0.25, -0.2) is 4.98 Å². The molecule has 0 radical (unpaired) electrons. The van der Waals surface area contributed by atoms with Crippen molar-refractivity contribution < 1.29 is 14.3 Å². The lowest BCUT2D eigenvalue weighted by molar-refractivity contribution is -0.115. The molecule has 1 N–H and O–H groups in total. The fourth-order valence-corrected chi connectivity index (χ4v) is 4.06. The number of carbonyl (C=O) groups excluding carboxylic acids is 1. The van der Waals surface area contributed by atoms with E-state index in [0.29, 0.717) is 0 Å². The molecule has 0 unspecified atom stereocenters. The van der Waals surface area contributed by atoms with Gasteiger partial charge in [-0.1, -0.05) is 30.3 Å². The summed E-state index contributed by atoms with van der Waals surface area (Å²) in [7, 11) is 3.30. The number of nitrogens with one attached hydrogen (secondary N) is 1. The van der Waals surface area contributed by atoms with Gasteiger partial charge in [-0.15, -0.1) is 0 Å². The molecule has 3 aromatic carbocycles. The summed E-state index contributed by atoms with van der Waals surface area (Å²) in [6.07, 6.45) is 0.251. The van der Waals surface area contributed by atoms with Gasteiger partial charge in [0.1, 0.15) is 11.5 Å². The van der Waals surface area contributed by atoms with Gasteiger partial charge in [0.05, 0.1) is 37.7 Å². The largest absolute Gasteiger partial charge is 0.497 e. The predicted molar refractivity (Wildman–Crippen MR) is 126 cm³/mol. The summed E-state index contributed by atoms with van der Waals surface area (Å²) in [5, 5.41) is 3.03. The number of amides is 1. The highest BCUT2D eigenvalue weighted by atomic mass is 16.5. The molecule has 4 aromatic rings. The fraction of sp³-hybridized carbons (Fsp3) is 0.111. The van der Waals surface area contributed by atoms with Crippen LogP contribution in [0, 0.1) is 0 Å². The molecule has 0 bridgehead atoms. The van der Waals surface area contributed by atoms with E-state index in [-0.39, 0.29) is 12.3 Å². The Morgan fingerprint density at radius 3 is 2.06 bits per heavy atom. The monoisotopic (exact) mass is 422 g/mol. The van der Waals surface area contributed by atoms with Crippen LogP contribution in [0.15, 0.2) is 78.9 Å². The average Bonchev–Trinajstić information content (AvgIpc) is 2.99. The Hall–Kier alpha value is -4.12. The summed E-state index contributed by atoms with van der Waals surface area (Å²) in [4.78, 5) is 17.8. The predicted octanol–water partition coefficient (Wildman–Crippen LogP) is 5.59. The van der Waals surface area contributed by atoms with Crippen LogP contribution in [0.3, 0.4) is 0 Å². The molecule has 5 heteroatoms. The quantitative estimate of drug-likeness (QED) is 0.465. The third-order valence-corrected chi connectivity index (χ3v) is 5.70. The van der Waals surface area contributed by atoms with Gasteiger partial charge in [-0.05, 0) is 65.2 Å². The van der Waals surface area contributed by atoms with Gasteiger partial charge in [0, 0.05) is 11.1 Å². The highest BCUT2D eigenvalue weighted by Gasteiger charge is 2.24. The highest BCUT2D eigenvalue weighted by molar-refractivity contribution is 6.02. The lowest BCUT2D eigenvalue weighted by atomic mass is 9.92. The lowest BCUT2D eigenvalue weighted by Crippen LogP contribution is -2.13. The van der Waals surface area contributed by atoms with E-state index in [9.17, 15) is 4.79 Å². The minimum absolute atomic E-state index is 0.0510. The molecule has 1 aliphatic rings. The van der Waals surface area contributed by atoms with Crippen molar-refractivity contribution in [2.45, 2.75) is 6.42 Å². The minimum Gasteiger partial charge on any atom is -0.497 e. The summed E-state index contributed by atoms with van der Waals surface area (Å²) < 4.78 is 10.6. The van der Waals surface area contributed by atoms with E-state index >= 15 is 0 Å². The maximum absolute atomic E-state index is 12.7. The van der Waals surface area contributed by atoms with Crippen molar-refractivity contribution in [3.63, 3.8) is 0 Å². The van der Waals surface area contributed by atoms with Crippen LogP contribution in [-0.4, -0.2) is 25.1 Å². The van der Waals surface area contributed by atoms with Gasteiger partial charge in [0.25, 0.3) is 0 Å². The van der Waals surface area contributed by atoms with Crippen molar-refractivity contribution in [1.82, 2.24) is 4.98 Å². The van der Waals surface area contributed by atoms with Gasteiger partial charge in [0.15, 0.2) is 0 Å². The first-order chi connectivity index (χ1) is 15.7. The number of carbonyl (C=O) groups is 1. The van der Waals surface area contributed by atoms with Crippen LogP contribution in [0.5, 0.6) is 11.5 Å². The second-order valence-corrected chi connectivity index (χ2v) is 7.61. The number of fused-ring (bicyclic) bond motifs is 3. The Balaban J connectivity index is 1.77. The summed E-state index contributed by atoms with van der Waals surface area (Å²) in [5.41, 5.74) is 7.22. The number of para-hydroxylation sites is 1. The number of hydrogen-bond acceptors (Lipinski definition) is 4. The van der Waals surface area contributed by atoms with Crippen molar-refractivity contribution in [2.24, 2.45) is 0 Å². The van der Waals surface area contributed by atoms with Crippen molar-refractivity contribution in [2.75, 3.05) is 19.5 Å². The van der Waals surface area contributed by atoms with Crippen LogP contribution in [0.4, 0.5) is 5.69 Å². The maximum Gasteiger partial charge on any atom is 0.228 e. The normalized spacial score (nSPS) is 12.2. The van der Waals surface area contributed by atoms with Gasteiger partial charge in [-0.3, -0.25) is 4.79 Å². The molecule has 0 spiro atoms. The Kier molecular flexibility index (Phi) is 5.07. The van der Waals surface area contributed by atoms with Crippen molar-refractivity contribution in [3.8, 4) is 45.1 Å². The highest BCUT2D eigenvalue weighted by Crippen LogP contribution is 2.40. The van der Waals surface area contributed by atoms with Crippen molar-refractivity contribution >= 4 is 11.6 Å². The number of pyridine rings is 1. The lowest BCUT2D eigenvalue weighted by Gasteiger charge is -2.16. The van der Waals surface area contributed by atoms with E-state index in [0.717, 1.165) is 56.4 Å². The second-order valence-electron chi connectivity index (χ2n) is 7.61. The molecule has 0 saturated carbocycles. The zero-order valence-electron chi connectivity index (χ0n) is 17.9. The van der Waals surface area contributed by atoms with E-state index in [2.05, 4.69) is 11.4 Å². The van der Waals surface area contributed by atoms with E-state index in [1.54, 1.807) is 14.2 Å². The van der Waals surface area contributed by atoms with Crippen LogP contribution >= 0.6 is 0 Å². The molecule has 2 heterocycles. The Bertz CT molecular complexity index is 1300. The summed E-state index contributed by atoms with van der Waals surface area (Å²) in [6, 6.07) is 25.6. The van der Waals surface area contributed by atoms with Crippen LogP contribution in [0.25, 0.3) is 33.6 Å². The minimum atomic E-state index is -0.0510. The smallest absolute Gasteiger partial charge is 0.228 e. The van der Waals surface area contributed by atoms with Crippen molar-refractivity contribution in [1.29, 1.82) is 0 Å². The summed E-state index contributed by atoms with van der Waals surface area (Å²) in [6.45, 7) is 0. The first kappa shape index (κ1) is 19.8. The number of hydrogen-bond donors (Lipinski definition) is 1. The molecular weight excluding hydrogens is 400 g/mol. The first-order valence-corrected chi connectivity index (χ1v) is 10.4. The van der Waals surface area contributed by atoms with E-state index < -0.39 is 0 Å². The topological polar surface area (TPSA) is 60.5 Å². The third-order valence-electron chi connectivity index (χ3n) is 5.70. The molecular formula is C27H22N2O3. The molecule has 32 heavy (non-hydrogen) atoms. The molecule has 5 rings (SSSR count). The van der Waals surface area contributed by atoms with Gasteiger partial charge < -0.3 is 14.8 Å². The molecule has 1 amide bonds. The number of nitrogens with zero attached hydrogens (tertiary/aromatic N) is 1. The van der Waals surface area contributed by atoms with Gasteiger partial charge in [-0.2, -0.15) is 0 Å². The van der Waals surface area contributed by atoms with Crippen molar-refractivity contribution in [3.05, 3.63) is 84.4 Å². The number of aromatic nitrogens is 1. The van der Waals surface area contributed by atoms with E-state index in [1.807, 2.05) is 72.8 Å². The standard InChI is InChI=1S/C27H22N2O3/c1-31-19-11-7-17(8-12-19)22-15-25(18-9-13-20(32-2)14-10-18)29-27-21-5-3-4-6-24(21)28-26(30)16-23(22)27/h3-15H,16H2,1-2H3,(H,28,30). The van der Waals surface area contributed by atoms with Crippen LogP contribution in [0.1, 0.15) is 5.56 Å². The van der Waals surface area contributed by atoms with E-state index in [1.165, 1.54) is 0 Å². The third kappa shape index (κ3) is 3.58. The van der Waals surface area contributed by atoms with E-state index in [4.69, 9.17) is 14.5 Å².